The number of hydrogen-bond acceptors (Lipinski definition) is 2. The largest absolute Gasteiger partial charge is 0.463 e. The van der Waals surface area contributed by atoms with Crippen LogP contribution in [0.3, 0.4) is 0 Å². The SMILES string of the molecule is FC(F)(F)/C=C\Oc1cc[c]nc1. The van der Waals surface area contributed by atoms with Gasteiger partial charge in [-0.2, -0.15) is 13.2 Å². The van der Waals surface area contributed by atoms with E-state index in [-0.39, 0.29) is 11.8 Å². The number of allylic oxidation sites excluding steroid dienone is 1. The van der Waals surface area contributed by atoms with Crippen LogP contribution in [0.2, 0.25) is 0 Å². The third-order valence-corrected chi connectivity index (χ3v) is 1.05. The maximum Gasteiger partial charge on any atom is 0.412 e. The molecule has 1 heterocycles. The summed E-state index contributed by atoms with van der Waals surface area (Å²) in [5, 5.41) is 0. The van der Waals surface area contributed by atoms with Crippen molar-refractivity contribution in [3.05, 3.63) is 36.9 Å². The Bertz CT molecular complexity index is 281. The Morgan fingerprint density at radius 2 is 2.23 bits per heavy atom. The van der Waals surface area contributed by atoms with Crippen molar-refractivity contribution in [2.75, 3.05) is 0 Å². The Labute approximate surface area is 72.7 Å². The van der Waals surface area contributed by atoms with Crippen LogP contribution >= 0.6 is 0 Å². The number of nitrogens with zero attached hydrogens (tertiary/aromatic N) is 1. The molecule has 0 saturated heterocycles. The summed E-state index contributed by atoms with van der Waals surface area (Å²) < 4.78 is 39.3. The Morgan fingerprint density at radius 1 is 1.46 bits per heavy atom. The van der Waals surface area contributed by atoms with E-state index in [2.05, 4.69) is 15.9 Å². The first-order chi connectivity index (χ1) is 6.08. The summed E-state index contributed by atoms with van der Waals surface area (Å²) in [4.78, 5) is 3.53. The van der Waals surface area contributed by atoms with Crippen molar-refractivity contribution in [2.24, 2.45) is 0 Å². The normalized spacial score (nSPS) is 11.9. The average Bonchev–Trinajstić information content (AvgIpc) is 2.04. The van der Waals surface area contributed by atoms with Gasteiger partial charge >= 0.3 is 6.18 Å². The molecule has 0 aliphatic heterocycles. The molecular weight excluding hydrogens is 183 g/mol. The number of halogens is 3. The highest BCUT2D eigenvalue weighted by atomic mass is 19.4. The summed E-state index contributed by atoms with van der Waals surface area (Å²) in [7, 11) is 0. The molecule has 1 aromatic rings. The average molecular weight is 188 g/mol. The zero-order valence-electron chi connectivity index (χ0n) is 6.38. The van der Waals surface area contributed by atoms with E-state index in [0.717, 1.165) is 0 Å². The molecular formula is C8H5F3NO. The molecule has 0 aliphatic carbocycles. The molecule has 0 aliphatic rings. The molecule has 69 valence electrons. The number of ether oxygens (including phenoxy) is 1. The summed E-state index contributed by atoms with van der Waals surface area (Å²) in [5.41, 5.74) is 0. The second-order valence-corrected chi connectivity index (χ2v) is 2.09. The first-order valence-electron chi connectivity index (χ1n) is 3.31. The second-order valence-electron chi connectivity index (χ2n) is 2.09. The molecule has 1 aromatic heterocycles. The fraction of sp³-hybridized carbons (Fsp3) is 0.125. The standard InChI is InChI=1S/C8H5F3NO/c9-8(10,11)3-5-13-7-2-1-4-12-6-7/h1-3,5-6H/b5-3-. The molecule has 0 bridgehead atoms. The molecule has 0 fully saturated rings. The van der Waals surface area contributed by atoms with Crippen LogP contribution in [0.5, 0.6) is 5.75 Å². The van der Waals surface area contributed by atoms with E-state index in [1.165, 1.54) is 18.3 Å². The predicted octanol–water partition coefficient (Wildman–Crippen LogP) is 2.34. The highest BCUT2D eigenvalue weighted by Crippen LogP contribution is 2.16. The lowest BCUT2D eigenvalue weighted by Crippen LogP contribution is -2.01. The monoisotopic (exact) mass is 188 g/mol. The minimum atomic E-state index is -4.35. The minimum absolute atomic E-state index is 0.00368. The van der Waals surface area contributed by atoms with Crippen LogP contribution in [0.25, 0.3) is 0 Å². The van der Waals surface area contributed by atoms with E-state index >= 15 is 0 Å². The van der Waals surface area contributed by atoms with E-state index in [9.17, 15) is 13.2 Å². The van der Waals surface area contributed by atoms with Gasteiger partial charge in [0.05, 0.1) is 24.7 Å². The van der Waals surface area contributed by atoms with Crippen LogP contribution in [-0.4, -0.2) is 11.2 Å². The van der Waals surface area contributed by atoms with Crippen molar-refractivity contribution >= 4 is 0 Å². The maximum atomic E-state index is 11.6. The Hall–Kier alpha value is -1.52. The van der Waals surface area contributed by atoms with Gasteiger partial charge in [-0.15, -0.1) is 0 Å². The first kappa shape index (κ1) is 9.57. The number of rotatable bonds is 2. The molecule has 0 aromatic carbocycles. The number of pyridine rings is 1. The summed E-state index contributed by atoms with van der Waals surface area (Å²) >= 11 is 0. The van der Waals surface area contributed by atoms with Gasteiger partial charge in [-0.1, -0.05) is 0 Å². The van der Waals surface area contributed by atoms with Crippen LogP contribution in [0, 0.1) is 6.20 Å². The van der Waals surface area contributed by atoms with Crippen LogP contribution in [0.1, 0.15) is 0 Å². The lowest BCUT2D eigenvalue weighted by Gasteiger charge is -1.99. The molecule has 0 spiro atoms. The van der Waals surface area contributed by atoms with E-state index < -0.39 is 6.18 Å². The van der Waals surface area contributed by atoms with Crippen LogP contribution in [0.15, 0.2) is 30.7 Å². The van der Waals surface area contributed by atoms with Gasteiger partial charge in [0.25, 0.3) is 0 Å². The van der Waals surface area contributed by atoms with Gasteiger partial charge in [0.2, 0.25) is 0 Å². The van der Waals surface area contributed by atoms with E-state index in [1.54, 1.807) is 0 Å². The summed E-state index contributed by atoms with van der Waals surface area (Å²) in [5.74, 6) is 0.235. The van der Waals surface area contributed by atoms with Gasteiger partial charge in [0.1, 0.15) is 5.75 Å². The molecule has 5 heteroatoms. The first-order valence-corrected chi connectivity index (χ1v) is 3.31. The third-order valence-electron chi connectivity index (χ3n) is 1.05. The minimum Gasteiger partial charge on any atom is -0.463 e. The van der Waals surface area contributed by atoms with Gasteiger partial charge in [-0.3, -0.25) is 4.98 Å². The van der Waals surface area contributed by atoms with Crippen molar-refractivity contribution in [2.45, 2.75) is 6.18 Å². The number of hydrogen-bond donors (Lipinski definition) is 0. The van der Waals surface area contributed by atoms with Gasteiger partial charge in [0, 0.05) is 0 Å². The lowest BCUT2D eigenvalue weighted by molar-refractivity contribution is -0.0809. The van der Waals surface area contributed by atoms with Crippen molar-refractivity contribution in [3.8, 4) is 5.75 Å². The quantitative estimate of drug-likeness (QED) is 0.664. The van der Waals surface area contributed by atoms with Gasteiger partial charge in [-0.25, -0.2) is 0 Å². The Balaban J connectivity index is 2.49. The van der Waals surface area contributed by atoms with E-state index in [0.29, 0.717) is 6.26 Å². The van der Waals surface area contributed by atoms with Crippen LogP contribution in [0.4, 0.5) is 13.2 Å². The summed E-state index contributed by atoms with van der Waals surface area (Å²) in [6, 6.07) is 2.89. The van der Waals surface area contributed by atoms with Gasteiger partial charge in [0.15, 0.2) is 0 Å². The Morgan fingerprint density at radius 3 is 2.77 bits per heavy atom. The second kappa shape index (κ2) is 3.93. The Kier molecular flexibility index (Phi) is 2.89. The van der Waals surface area contributed by atoms with Gasteiger partial charge < -0.3 is 4.74 Å². The highest BCUT2D eigenvalue weighted by Gasteiger charge is 2.22. The van der Waals surface area contributed by atoms with E-state index in [4.69, 9.17) is 0 Å². The zero-order valence-corrected chi connectivity index (χ0v) is 6.38. The molecule has 0 atom stereocenters. The van der Waals surface area contributed by atoms with Crippen molar-refractivity contribution in [1.82, 2.24) is 4.98 Å². The molecule has 1 radical (unpaired) electrons. The molecule has 0 unspecified atom stereocenters. The van der Waals surface area contributed by atoms with Crippen LogP contribution in [-0.2, 0) is 0 Å². The molecule has 2 nitrogen and oxygen atoms in total. The van der Waals surface area contributed by atoms with Gasteiger partial charge in [-0.05, 0) is 12.1 Å². The fourth-order valence-electron chi connectivity index (χ4n) is 0.566. The number of alkyl halides is 3. The van der Waals surface area contributed by atoms with Crippen molar-refractivity contribution < 1.29 is 17.9 Å². The molecule has 13 heavy (non-hydrogen) atoms. The summed E-state index contributed by atoms with van der Waals surface area (Å²) in [6.07, 6.45) is -0.0550. The van der Waals surface area contributed by atoms with Crippen molar-refractivity contribution in [1.29, 1.82) is 0 Å². The molecule has 0 saturated carbocycles. The third kappa shape index (κ3) is 4.15. The zero-order chi connectivity index (χ0) is 9.73. The smallest absolute Gasteiger partial charge is 0.412 e. The predicted molar refractivity (Wildman–Crippen MR) is 38.9 cm³/mol. The maximum absolute atomic E-state index is 11.6. The number of aromatic nitrogens is 1. The highest BCUT2D eigenvalue weighted by molar-refractivity contribution is 5.16. The van der Waals surface area contributed by atoms with Crippen molar-refractivity contribution in [3.63, 3.8) is 0 Å². The van der Waals surface area contributed by atoms with E-state index in [1.807, 2.05) is 0 Å². The fourth-order valence-corrected chi connectivity index (χ4v) is 0.566. The lowest BCUT2D eigenvalue weighted by atomic mass is 10.5. The van der Waals surface area contributed by atoms with Crippen LogP contribution < -0.4 is 4.74 Å². The topological polar surface area (TPSA) is 22.1 Å². The molecule has 1 rings (SSSR count). The molecule has 0 amide bonds. The molecule has 0 N–H and O–H groups in total. The summed E-state index contributed by atoms with van der Waals surface area (Å²) in [6.45, 7) is 0.